The van der Waals surface area contributed by atoms with Gasteiger partial charge in [0.1, 0.15) is 6.10 Å². The smallest absolute Gasteiger partial charge is 0.305 e. The number of carbonyl (C=O) groups excluding carboxylic acids is 1. The average Bonchev–Trinajstić information content (AvgIpc) is 2.20. The van der Waals surface area contributed by atoms with E-state index in [9.17, 15) is 4.79 Å². The van der Waals surface area contributed by atoms with Crippen molar-refractivity contribution in [3.63, 3.8) is 0 Å². The molecule has 15 heavy (non-hydrogen) atoms. The molecular weight excluding hydrogens is 192 g/mol. The Balaban J connectivity index is 2.45. The van der Waals surface area contributed by atoms with Gasteiger partial charge in [-0.15, -0.1) is 0 Å². The van der Waals surface area contributed by atoms with Crippen LogP contribution < -0.4 is 0 Å². The Morgan fingerprint density at radius 3 is 2.40 bits per heavy atom. The van der Waals surface area contributed by atoms with Crippen LogP contribution in [0.25, 0.3) is 0 Å². The maximum absolute atomic E-state index is 11.2. The molecule has 0 heterocycles. The summed E-state index contributed by atoms with van der Waals surface area (Å²) in [6.45, 7) is 5.87. The lowest BCUT2D eigenvalue weighted by Crippen LogP contribution is -2.37. The summed E-state index contributed by atoms with van der Waals surface area (Å²) in [4.78, 5) is 11.2. The highest BCUT2D eigenvalue weighted by atomic mass is 16.6. The number of carbonyl (C=O) groups is 1. The van der Waals surface area contributed by atoms with Crippen molar-refractivity contribution in [2.24, 2.45) is 0 Å². The molecule has 1 rings (SSSR count). The van der Waals surface area contributed by atoms with Gasteiger partial charge in [-0.3, -0.25) is 4.79 Å². The Kier molecular flexibility index (Phi) is 5.09. The molecule has 0 amide bonds. The summed E-state index contributed by atoms with van der Waals surface area (Å²) in [5.74, 6) is -0.112. The van der Waals surface area contributed by atoms with Gasteiger partial charge in [0.2, 0.25) is 0 Å². The van der Waals surface area contributed by atoms with E-state index in [-0.39, 0.29) is 24.3 Å². The molecule has 0 spiro atoms. The highest BCUT2D eigenvalue weighted by Crippen LogP contribution is 2.25. The Morgan fingerprint density at radius 1 is 1.27 bits per heavy atom. The summed E-state index contributed by atoms with van der Waals surface area (Å²) in [5, 5.41) is 0. The van der Waals surface area contributed by atoms with Gasteiger partial charge in [-0.25, -0.2) is 0 Å². The number of ether oxygens (including phenoxy) is 2. The number of rotatable bonds is 4. The van der Waals surface area contributed by atoms with Crippen molar-refractivity contribution in [2.75, 3.05) is 0 Å². The van der Waals surface area contributed by atoms with Crippen LogP contribution in [0.4, 0.5) is 0 Å². The van der Waals surface area contributed by atoms with Gasteiger partial charge < -0.3 is 9.47 Å². The second-order valence-corrected chi connectivity index (χ2v) is 4.39. The predicted molar refractivity (Wildman–Crippen MR) is 58.6 cm³/mol. The minimum absolute atomic E-state index is 0.0198. The van der Waals surface area contributed by atoms with E-state index in [1.54, 1.807) is 0 Å². The fraction of sp³-hybridized carbons (Fsp3) is 0.917. The molecule has 0 aromatic heterocycles. The second-order valence-electron chi connectivity index (χ2n) is 4.39. The van der Waals surface area contributed by atoms with Crippen LogP contribution in [-0.2, 0) is 14.3 Å². The topological polar surface area (TPSA) is 35.5 Å². The molecule has 2 atom stereocenters. The first-order chi connectivity index (χ1) is 7.13. The van der Waals surface area contributed by atoms with E-state index in [1.165, 1.54) is 6.42 Å². The van der Waals surface area contributed by atoms with Gasteiger partial charge in [-0.1, -0.05) is 13.3 Å². The third-order valence-corrected chi connectivity index (χ3v) is 2.66. The standard InChI is InChI=1S/C12H22O3/c1-4-12(13)15-11-8-6-5-7-10(11)14-9(2)3/h9-11H,4-8H2,1-3H3/t10-,11-/m0/s1. The summed E-state index contributed by atoms with van der Waals surface area (Å²) in [7, 11) is 0. The zero-order valence-electron chi connectivity index (χ0n) is 9.99. The SMILES string of the molecule is CCC(=O)O[C@H]1CCCC[C@@H]1OC(C)C. The zero-order valence-corrected chi connectivity index (χ0v) is 9.99. The molecule has 0 unspecified atom stereocenters. The Labute approximate surface area is 92.1 Å². The van der Waals surface area contributed by atoms with Crippen LogP contribution in [0.2, 0.25) is 0 Å². The molecule has 1 aliphatic rings. The summed E-state index contributed by atoms with van der Waals surface area (Å²) in [5.41, 5.74) is 0. The van der Waals surface area contributed by atoms with Crippen molar-refractivity contribution in [1.82, 2.24) is 0 Å². The average molecular weight is 214 g/mol. The second kappa shape index (κ2) is 6.11. The first kappa shape index (κ1) is 12.5. The minimum Gasteiger partial charge on any atom is -0.460 e. The predicted octanol–water partition coefficient (Wildman–Crippen LogP) is 2.68. The fourth-order valence-corrected chi connectivity index (χ4v) is 1.96. The lowest BCUT2D eigenvalue weighted by Gasteiger charge is -2.32. The molecule has 3 heteroatoms. The Bertz CT molecular complexity index is 201. The zero-order chi connectivity index (χ0) is 11.3. The molecule has 88 valence electrons. The molecule has 1 fully saturated rings. The van der Waals surface area contributed by atoms with E-state index in [4.69, 9.17) is 9.47 Å². The van der Waals surface area contributed by atoms with Crippen molar-refractivity contribution in [2.45, 2.75) is 71.2 Å². The molecule has 0 saturated heterocycles. The summed E-state index contributed by atoms with van der Waals surface area (Å²) >= 11 is 0. The monoisotopic (exact) mass is 214 g/mol. The molecule has 0 aromatic rings. The maximum atomic E-state index is 11.2. The largest absolute Gasteiger partial charge is 0.460 e. The first-order valence-electron chi connectivity index (χ1n) is 5.98. The van der Waals surface area contributed by atoms with Gasteiger partial charge >= 0.3 is 5.97 Å². The lowest BCUT2D eigenvalue weighted by molar-refractivity contribution is -0.163. The molecule has 0 aromatic carbocycles. The highest BCUT2D eigenvalue weighted by Gasteiger charge is 2.29. The van der Waals surface area contributed by atoms with Crippen LogP contribution in [0.3, 0.4) is 0 Å². The van der Waals surface area contributed by atoms with Crippen LogP contribution in [0.5, 0.6) is 0 Å². The fourth-order valence-electron chi connectivity index (χ4n) is 1.96. The van der Waals surface area contributed by atoms with Crippen molar-refractivity contribution in [3.05, 3.63) is 0 Å². The van der Waals surface area contributed by atoms with E-state index < -0.39 is 0 Å². The summed E-state index contributed by atoms with van der Waals surface area (Å²) < 4.78 is 11.2. The lowest BCUT2D eigenvalue weighted by atomic mass is 9.94. The van der Waals surface area contributed by atoms with Crippen molar-refractivity contribution in [1.29, 1.82) is 0 Å². The molecule has 1 aliphatic carbocycles. The van der Waals surface area contributed by atoms with Crippen LogP contribution >= 0.6 is 0 Å². The van der Waals surface area contributed by atoms with Crippen molar-refractivity contribution >= 4 is 5.97 Å². The third kappa shape index (κ3) is 4.20. The molecule has 0 aliphatic heterocycles. The van der Waals surface area contributed by atoms with Gasteiger partial charge in [-0.05, 0) is 33.1 Å². The van der Waals surface area contributed by atoms with Gasteiger partial charge in [0.15, 0.2) is 0 Å². The van der Waals surface area contributed by atoms with E-state index in [2.05, 4.69) is 0 Å². The molecule has 0 N–H and O–H groups in total. The van der Waals surface area contributed by atoms with E-state index in [0.717, 1.165) is 19.3 Å². The van der Waals surface area contributed by atoms with Crippen LogP contribution in [0.15, 0.2) is 0 Å². The number of hydrogen-bond donors (Lipinski definition) is 0. The van der Waals surface area contributed by atoms with Crippen molar-refractivity contribution < 1.29 is 14.3 Å². The minimum atomic E-state index is -0.112. The summed E-state index contributed by atoms with van der Waals surface area (Å²) in [6.07, 6.45) is 5.02. The quantitative estimate of drug-likeness (QED) is 0.675. The number of hydrogen-bond acceptors (Lipinski definition) is 3. The molecule has 0 radical (unpaired) electrons. The van der Waals surface area contributed by atoms with Crippen molar-refractivity contribution in [3.8, 4) is 0 Å². The van der Waals surface area contributed by atoms with Crippen LogP contribution in [0.1, 0.15) is 52.9 Å². The van der Waals surface area contributed by atoms with E-state index >= 15 is 0 Å². The molecule has 3 nitrogen and oxygen atoms in total. The highest BCUT2D eigenvalue weighted by molar-refractivity contribution is 5.69. The normalized spacial score (nSPS) is 26.7. The first-order valence-corrected chi connectivity index (χ1v) is 5.98. The Morgan fingerprint density at radius 2 is 1.87 bits per heavy atom. The van der Waals surface area contributed by atoms with Crippen LogP contribution in [-0.4, -0.2) is 24.3 Å². The number of esters is 1. The van der Waals surface area contributed by atoms with Gasteiger partial charge in [0.05, 0.1) is 12.2 Å². The Hall–Kier alpha value is -0.570. The molecule has 1 saturated carbocycles. The third-order valence-electron chi connectivity index (χ3n) is 2.66. The molecular formula is C12H22O3. The van der Waals surface area contributed by atoms with E-state index in [1.807, 2.05) is 20.8 Å². The van der Waals surface area contributed by atoms with E-state index in [0.29, 0.717) is 6.42 Å². The van der Waals surface area contributed by atoms with Gasteiger partial charge in [-0.2, -0.15) is 0 Å². The molecule has 0 bridgehead atoms. The summed E-state index contributed by atoms with van der Waals surface area (Å²) in [6, 6.07) is 0. The van der Waals surface area contributed by atoms with Crippen LogP contribution in [0, 0.1) is 0 Å². The van der Waals surface area contributed by atoms with Gasteiger partial charge in [0, 0.05) is 6.42 Å². The van der Waals surface area contributed by atoms with Gasteiger partial charge in [0.25, 0.3) is 0 Å². The maximum Gasteiger partial charge on any atom is 0.305 e.